The number of aliphatic hydroxyl groups excluding tert-OH is 1. The van der Waals surface area contributed by atoms with E-state index in [2.05, 4.69) is 10.1 Å². The number of aromatic hydroxyl groups is 1. The van der Waals surface area contributed by atoms with Gasteiger partial charge in [-0.15, -0.1) is 0 Å². The van der Waals surface area contributed by atoms with E-state index in [9.17, 15) is 10.2 Å². The van der Waals surface area contributed by atoms with Crippen molar-refractivity contribution in [3.8, 4) is 16.9 Å². The highest BCUT2D eigenvalue weighted by Crippen LogP contribution is 2.33. The molecule has 5 nitrogen and oxygen atoms in total. The van der Waals surface area contributed by atoms with Crippen LogP contribution >= 0.6 is 0 Å². The molecule has 2 N–H and O–H groups in total. The van der Waals surface area contributed by atoms with Gasteiger partial charge in [-0.2, -0.15) is 0 Å². The number of aryl methyl sites for hydroxylation is 2. The fourth-order valence-electron chi connectivity index (χ4n) is 2.56. The molecule has 112 valence electrons. The average Bonchev–Trinajstić information content (AvgIpc) is 2.86. The van der Waals surface area contributed by atoms with Gasteiger partial charge in [0, 0.05) is 23.5 Å². The van der Waals surface area contributed by atoms with Gasteiger partial charge < -0.3 is 14.7 Å². The highest BCUT2D eigenvalue weighted by Gasteiger charge is 2.17. The first-order valence-electron chi connectivity index (χ1n) is 6.91. The number of hydrogen-bond acceptors (Lipinski definition) is 5. The van der Waals surface area contributed by atoms with Crippen molar-refractivity contribution in [1.29, 1.82) is 0 Å². The lowest BCUT2D eigenvalue weighted by atomic mass is 9.96. The summed E-state index contributed by atoms with van der Waals surface area (Å²) in [6, 6.07) is 8.54. The zero-order valence-corrected chi connectivity index (χ0v) is 12.3. The highest BCUT2D eigenvalue weighted by molar-refractivity contribution is 5.70. The van der Waals surface area contributed by atoms with Crippen LogP contribution in [0.1, 0.15) is 28.7 Å². The van der Waals surface area contributed by atoms with Gasteiger partial charge in [0.2, 0.25) is 0 Å². The Balaban J connectivity index is 2.08. The third-order valence-electron chi connectivity index (χ3n) is 3.58. The lowest BCUT2D eigenvalue weighted by Gasteiger charge is -2.13. The number of phenolic OH excluding ortho intramolecular Hbond substituents is 1. The smallest absolute Gasteiger partial charge is 0.141 e. The standard InChI is InChI=1S/C17H16N2O3/c1-10-16(11(2)22-19-10)13-6-14(8-15(20)7-13)17(21)12-4-3-5-18-9-12/h3-9,17,20-21H,1-2H3/t17-/m0/s1. The lowest BCUT2D eigenvalue weighted by Crippen LogP contribution is -2.00. The van der Waals surface area contributed by atoms with Crippen LogP contribution in [0.3, 0.4) is 0 Å². The summed E-state index contributed by atoms with van der Waals surface area (Å²) >= 11 is 0. The van der Waals surface area contributed by atoms with Crippen LogP contribution < -0.4 is 0 Å². The van der Waals surface area contributed by atoms with Crippen molar-refractivity contribution in [3.05, 3.63) is 65.3 Å². The van der Waals surface area contributed by atoms with Crippen LogP contribution in [0.25, 0.3) is 11.1 Å². The number of aliphatic hydroxyl groups is 1. The minimum atomic E-state index is -0.861. The van der Waals surface area contributed by atoms with Crippen LogP contribution in [0.15, 0.2) is 47.2 Å². The summed E-state index contributed by atoms with van der Waals surface area (Å²) in [7, 11) is 0. The molecule has 2 aromatic heterocycles. The van der Waals surface area contributed by atoms with Gasteiger partial charge >= 0.3 is 0 Å². The van der Waals surface area contributed by atoms with Crippen molar-refractivity contribution in [1.82, 2.24) is 10.1 Å². The van der Waals surface area contributed by atoms with Crippen molar-refractivity contribution < 1.29 is 14.7 Å². The number of pyridine rings is 1. The Kier molecular flexibility index (Phi) is 3.65. The van der Waals surface area contributed by atoms with Crippen LogP contribution in [-0.4, -0.2) is 20.4 Å². The molecule has 1 aromatic carbocycles. The maximum atomic E-state index is 10.5. The minimum Gasteiger partial charge on any atom is -0.508 e. The van der Waals surface area contributed by atoms with Gasteiger partial charge in [-0.3, -0.25) is 4.98 Å². The maximum absolute atomic E-state index is 10.5. The zero-order chi connectivity index (χ0) is 15.7. The molecule has 5 heteroatoms. The van der Waals surface area contributed by atoms with Gasteiger partial charge in [0.05, 0.1) is 5.69 Å². The molecule has 0 spiro atoms. The van der Waals surface area contributed by atoms with Crippen LogP contribution in [0.4, 0.5) is 0 Å². The van der Waals surface area contributed by atoms with E-state index in [1.807, 2.05) is 19.9 Å². The van der Waals surface area contributed by atoms with Crippen LogP contribution in [-0.2, 0) is 0 Å². The van der Waals surface area contributed by atoms with Crippen molar-refractivity contribution in [2.45, 2.75) is 20.0 Å². The van der Waals surface area contributed by atoms with E-state index in [-0.39, 0.29) is 5.75 Å². The minimum absolute atomic E-state index is 0.0791. The lowest BCUT2D eigenvalue weighted by molar-refractivity contribution is 0.219. The third-order valence-corrected chi connectivity index (χ3v) is 3.58. The summed E-state index contributed by atoms with van der Waals surface area (Å²) in [4.78, 5) is 4.01. The predicted octanol–water partition coefficient (Wildman–Crippen LogP) is 3.14. The molecule has 0 saturated heterocycles. The molecule has 3 rings (SSSR count). The average molecular weight is 296 g/mol. The normalized spacial score (nSPS) is 12.3. The first-order chi connectivity index (χ1) is 10.6. The van der Waals surface area contributed by atoms with E-state index in [0.717, 1.165) is 16.8 Å². The van der Waals surface area contributed by atoms with Crippen LogP contribution in [0.2, 0.25) is 0 Å². The Labute approximate surface area is 127 Å². The van der Waals surface area contributed by atoms with Crippen molar-refractivity contribution in [2.75, 3.05) is 0 Å². The van der Waals surface area contributed by atoms with Gasteiger partial charge in [0.15, 0.2) is 0 Å². The summed E-state index contributed by atoms with van der Waals surface area (Å²) in [5, 5.41) is 24.4. The molecule has 0 aliphatic rings. The second-order valence-corrected chi connectivity index (χ2v) is 5.20. The Hall–Kier alpha value is -2.66. The summed E-state index contributed by atoms with van der Waals surface area (Å²) in [6.07, 6.45) is 2.39. The molecular weight excluding hydrogens is 280 g/mol. The SMILES string of the molecule is Cc1noc(C)c1-c1cc(O)cc([C@@H](O)c2cccnc2)c1. The number of nitrogens with zero attached hydrogens (tertiary/aromatic N) is 2. The zero-order valence-electron chi connectivity index (χ0n) is 12.3. The molecule has 0 radical (unpaired) electrons. The number of benzene rings is 1. The van der Waals surface area contributed by atoms with Gasteiger partial charge in [0.25, 0.3) is 0 Å². The Morgan fingerprint density at radius 2 is 1.95 bits per heavy atom. The van der Waals surface area contributed by atoms with Crippen LogP contribution in [0, 0.1) is 13.8 Å². The number of rotatable bonds is 3. The predicted molar refractivity (Wildman–Crippen MR) is 81.4 cm³/mol. The fourth-order valence-corrected chi connectivity index (χ4v) is 2.56. The first-order valence-corrected chi connectivity index (χ1v) is 6.91. The molecule has 0 saturated carbocycles. The van der Waals surface area contributed by atoms with E-state index in [1.54, 1.807) is 36.7 Å². The molecule has 0 aliphatic carbocycles. The van der Waals surface area contributed by atoms with E-state index in [0.29, 0.717) is 16.9 Å². The quantitative estimate of drug-likeness (QED) is 0.776. The van der Waals surface area contributed by atoms with E-state index >= 15 is 0 Å². The number of hydrogen-bond donors (Lipinski definition) is 2. The summed E-state index contributed by atoms with van der Waals surface area (Å²) < 4.78 is 5.17. The summed E-state index contributed by atoms with van der Waals surface area (Å²) in [6.45, 7) is 3.66. The summed E-state index contributed by atoms with van der Waals surface area (Å²) in [5.41, 5.74) is 3.58. The maximum Gasteiger partial charge on any atom is 0.141 e. The molecule has 1 atom stereocenters. The molecule has 0 bridgehead atoms. The number of aromatic nitrogens is 2. The van der Waals surface area contributed by atoms with Crippen LogP contribution in [0.5, 0.6) is 5.75 Å². The highest BCUT2D eigenvalue weighted by atomic mass is 16.5. The topological polar surface area (TPSA) is 79.4 Å². The molecular formula is C17H16N2O3. The third kappa shape index (κ3) is 2.58. The number of phenols is 1. The van der Waals surface area contributed by atoms with E-state index < -0.39 is 6.10 Å². The molecule has 0 aliphatic heterocycles. The molecule has 0 unspecified atom stereocenters. The molecule has 2 heterocycles. The first kappa shape index (κ1) is 14.3. The van der Waals surface area contributed by atoms with Crippen molar-refractivity contribution in [3.63, 3.8) is 0 Å². The van der Waals surface area contributed by atoms with Gasteiger partial charge in [-0.1, -0.05) is 11.2 Å². The van der Waals surface area contributed by atoms with E-state index in [4.69, 9.17) is 4.52 Å². The van der Waals surface area contributed by atoms with E-state index in [1.165, 1.54) is 0 Å². The second-order valence-electron chi connectivity index (χ2n) is 5.20. The molecule has 3 aromatic rings. The van der Waals surface area contributed by atoms with Gasteiger partial charge in [0.1, 0.15) is 17.6 Å². The Morgan fingerprint density at radius 1 is 1.14 bits per heavy atom. The van der Waals surface area contributed by atoms with Gasteiger partial charge in [-0.05, 0) is 49.2 Å². The second kappa shape index (κ2) is 5.61. The Bertz CT molecular complexity index is 777. The van der Waals surface area contributed by atoms with Gasteiger partial charge in [-0.25, -0.2) is 0 Å². The monoisotopic (exact) mass is 296 g/mol. The largest absolute Gasteiger partial charge is 0.508 e. The van der Waals surface area contributed by atoms with Crippen molar-refractivity contribution >= 4 is 0 Å². The molecule has 0 fully saturated rings. The van der Waals surface area contributed by atoms with Crippen molar-refractivity contribution in [2.24, 2.45) is 0 Å². The Morgan fingerprint density at radius 3 is 2.59 bits per heavy atom. The fraction of sp³-hybridized carbons (Fsp3) is 0.176. The molecule has 0 amide bonds. The molecule has 22 heavy (non-hydrogen) atoms. The summed E-state index contributed by atoms with van der Waals surface area (Å²) in [5.74, 6) is 0.750.